The quantitative estimate of drug-likeness (QED) is 0.834. The summed E-state index contributed by atoms with van der Waals surface area (Å²) in [6.07, 6.45) is 1.89. The van der Waals surface area contributed by atoms with Gasteiger partial charge in [-0.3, -0.25) is 0 Å². The van der Waals surface area contributed by atoms with Crippen molar-refractivity contribution in [2.45, 2.75) is 19.8 Å². The molecule has 1 heterocycles. The molecular formula is C14H13N3O3. The second-order valence-electron chi connectivity index (χ2n) is 3.97. The molecule has 2 N–H and O–H groups in total. The highest BCUT2D eigenvalue weighted by atomic mass is 16.5. The van der Waals surface area contributed by atoms with Crippen LogP contribution in [0, 0.1) is 11.8 Å². The van der Waals surface area contributed by atoms with E-state index >= 15 is 0 Å². The summed E-state index contributed by atoms with van der Waals surface area (Å²) in [7, 11) is 0. The summed E-state index contributed by atoms with van der Waals surface area (Å²) in [5.74, 6) is 5.36. The third-order valence-corrected chi connectivity index (χ3v) is 2.40. The number of hydrogen-bond donors (Lipinski definition) is 2. The molecule has 0 fully saturated rings. The van der Waals surface area contributed by atoms with Gasteiger partial charge in [0.2, 0.25) is 5.69 Å². The molecule has 0 saturated carbocycles. The molecular weight excluding hydrogens is 258 g/mol. The minimum absolute atomic E-state index is 0.00215. The standard InChI is InChI=1S/C14H13N3O3/c1-2-3-4-5-10-6-8-11(9-7-10)20-13-12(14(18)19)15-17-16-13/h6-9H,2-3H2,1H3,(H,18,19)(H,15,16,17). The summed E-state index contributed by atoms with van der Waals surface area (Å²) < 4.78 is 5.38. The number of carboxylic acids is 1. The molecule has 0 amide bonds. The minimum atomic E-state index is -1.20. The molecule has 6 heteroatoms. The number of benzene rings is 1. The van der Waals surface area contributed by atoms with E-state index in [4.69, 9.17) is 9.84 Å². The van der Waals surface area contributed by atoms with E-state index in [0.717, 1.165) is 18.4 Å². The van der Waals surface area contributed by atoms with Crippen LogP contribution in [0.5, 0.6) is 11.6 Å². The Balaban J connectivity index is 2.09. The largest absolute Gasteiger partial charge is 0.476 e. The maximum atomic E-state index is 10.9. The number of rotatable bonds is 4. The van der Waals surface area contributed by atoms with Crippen molar-refractivity contribution >= 4 is 5.97 Å². The molecule has 0 aliphatic heterocycles. The van der Waals surface area contributed by atoms with Crippen LogP contribution in [0.25, 0.3) is 0 Å². The van der Waals surface area contributed by atoms with Gasteiger partial charge < -0.3 is 9.84 Å². The second-order valence-corrected chi connectivity index (χ2v) is 3.97. The second kappa shape index (κ2) is 6.38. The van der Waals surface area contributed by atoms with Gasteiger partial charge in [0, 0.05) is 12.0 Å². The number of aromatic carboxylic acids is 1. The Hall–Kier alpha value is -2.81. The predicted octanol–water partition coefficient (Wildman–Crippen LogP) is 2.45. The van der Waals surface area contributed by atoms with Crippen LogP contribution in [0.2, 0.25) is 0 Å². The summed E-state index contributed by atoms with van der Waals surface area (Å²) >= 11 is 0. The molecule has 6 nitrogen and oxygen atoms in total. The molecule has 1 aromatic heterocycles. The topological polar surface area (TPSA) is 88.1 Å². The lowest BCUT2D eigenvalue weighted by molar-refractivity contribution is 0.0687. The Morgan fingerprint density at radius 3 is 2.80 bits per heavy atom. The van der Waals surface area contributed by atoms with E-state index < -0.39 is 5.97 Å². The molecule has 102 valence electrons. The maximum Gasteiger partial charge on any atom is 0.362 e. The number of carbonyl (C=O) groups is 1. The number of carboxylic acid groups (broad SMARTS) is 1. The first kappa shape index (κ1) is 13.6. The highest BCUT2D eigenvalue weighted by molar-refractivity contribution is 5.87. The van der Waals surface area contributed by atoms with Crippen molar-refractivity contribution in [2.24, 2.45) is 0 Å². The minimum Gasteiger partial charge on any atom is -0.476 e. The highest BCUT2D eigenvalue weighted by Gasteiger charge is 2.16. The lowest BCUT2D eigenvalue weighted by atomic mass is 10.2. The maximum absolute atomic E-state index is 10.9. The van der Waals surface area contributed by atoms with Gasteiger partial charge in [-0.15, -0.1) is 5.10 Å². The number of H-pyrrole nitrogens is 1. The monoisotopic (exact) mass is 271 g/mol. The third kappa shape index (κ3) is 3.36. The van der Waals surface area contributed by atoms with Gasteiger partial charge >= 0.3 is 5.97 Å². The number of nitrogens with zero attached hydrogens (tertiary/aromatic N) is 2. The van der Waals surface area contributed by atoms with Gasteiger partial charge in [0.1, 0.15) is 5.75 Å². The van der Waals surface area contributed by atoms with E-state index in [1.807, 2.05) is 12.1 Å². The van der Waals surface area contributed by atoms with E-state index in [2.05, 4.69) is 34.2 Å². The molecule has 20 heavy (non-hydrogen) atoms. The van der Waals surface area contributed by atoms with Crippen molar-refractivity contribution in [3.63, 3.8) is 0 Å². The summed E-state index contributed by atoms with van der Waals surface area (Å²) in [5.41, 5.74) is 0.629. The molecule has 1 aromatic carbocycles. The molecule has 0 aliphatic carbocycles. The fourth-order valence-electron chi connectivity index (χ4n) is 1.44. The number of ether oxygens (including phenoxy) is 1. The fourth-order valence-corrected chi connectivity index (χ4v) is 1.44. The van der Waals surface area contributed by atoms with E-state index in [1.54, 1.807) is 12.1 Å². The van der Waals surface area contributed by atoms with Crippen LogP contribution in [0.3, 0.4) is 0 Å². The van der Waals surface area contributed by atoms with Crippen molar-refractivity contribution in [1.29, 1.82) is 0 Å². The van der Waals surface area contributed by atoms with Gasteiger partial charge in [0.15, 0.2) is 0 Å². The molecule has 2 rings (SSSR count). The Labute approximate surface area is 115 Å². The predicted molar refractivity (Wildman–Crippen MR) is 71.6 cm³/mol. The SMILES string of the molecule is CCCC#Cc1ccc(Oc2[nH]nnc2C(=O)O)cc1. The van der Waals surface area contributed by atoms with Gasteiger partial charge in [0.05, 0.1) is 0 Å². The van der Waals surface area contributed by atoms with Crippen LogP contribution in [0.15, 0.2) is 24.3 Å². The summed E-state index contributed by atoms with van der Waals surface area (Å²) in [5, 5.41) is 18.1. The molecule has 0 saturated heterocycles. The zero-order valence-corrected chi connectivity index (χ0v) is 10.9. The van der Waals surface area contributed by atoms with E-state index in [1.165, 1.54) is 0 Å². The normalized spacial score (nSPS) is 9.65. The van der Waals surface area contributed by atoms with Gasteiger partial charge in [0.25, 0.3) is 5.88 Å². The number of aromatic nitrogens is 3. The lowest BCUT2D eigenvalue weighted by Crippen LogP contribution is -1.99. The van der Waals surface area contributed by atoms with Crippen LogP contribution in [0.1, 0.15) is 35.8 Å². The molecule has 0 aliphatic rings. The Kier molecular flexibility index (Phi) is 4.35. The number of unbranched alkanes of at least 4 members (excludes halogenated alkanes) is 1. The van der Waals surface area contributed by atoms with Crippen LogP contribution < -0.4 is 4.74 Å². The molecule has 0 spiro atoms. The number of aromatic amines is 1. The molecule has 0 atom stereocenters. The van der Waals surface area contributed by atoms with E-state index in [9.17, 15) is 4.79 Å². The van der Waals surface area contributed by atoms with Crippen molar-refractivity contribution in [1.82, 2.24) is 15.4 Å². The first-order valence-electron chi connectivity index (χ1n) is 6.12. The van der Waals surface area contributed by atoms with Crippen LogP contribution in [0.4, 0.5) is 0 Å². The Morgan fingerprint density at radius 1 is 1.40 bits per heavy atom. The smallest absolute Gasteiger partial charge is 0.362 e. The van der Waals surface area contributed by atoms with Gasteiger partial charge in [-0.05, 0) is 30.7 Å². The fraction of sp³-hybridized carbons (Fsp3) is 0.214. The number of nitrogens with one attached hydrogen (secondary N) is 1. The van der Waals surface area contributed by atoms with E-state index in [-0.39, 0.29) is 11.6 Å². The van der Waals surface area contributed by atoms with Crippen molar-refractivity contribution in [3.05, 3.63) is 35.5 Å². The zero-order valence-electron chi connectivity index (χ0n) is 10.9. The first-order chi connectivity index (χ1) is 9.70. The average molecular weight is 271 g/mol. The molecule has 0 unspecified atom stereocenters. The highest BCUT2D eigenvalue weighted by Crippen LogP contribution is 2.21. The summed E-state index contributed by atoms with van der Waals surface area (Å²) in [6.45, 7) is 2.07. The lowest BCUT2D eigenvalue weighted by Gasteiger charge is -2.02. The van der Waals surface area contributed by atoms with Crippen LogP contribution in [-0.4, -0.2) is 26.5 Å². The summed E-state index contributed by atoms with van der Waals surface area (Å²) in [6, 6.07) is 7.04. The third-order valence-electron chi connectivity index (χ3n) is 2.40. The zero-order chi connectivity index (χ0) is 14.4. The Bertz CT molecular complexity index is 650. The van der Waals surface area contributed by atoms with E-state index in [0.29, 0.717) is 5.75 Å². The average Bonchev–Trinajstić information content (AvgIpc) is 2.89. The Morgan fingerprint density at radius 2 is 2.15 bits per heavy atom. The van der Waals surface area contributed by atoms with Gasteiger partial charge in [-0.25, -0.2) is 9.89 Å². The molecule has 0 bridgehead atoms. The number of hydrogen-bond acceptors (Lipinski definition) is 4. The van der Waals surface area contributed by atoms with Crippen molar-refractivity contribution in [3.8, 4) is 23.5 Å². The van der Waals surface area contributed by atoms with Crippen molar-refractivity contribution < 1.29 is 14.6 Å². The van der Waals surface area contributed by atoms with Crippen LogP contribution >= 0.6 is 0 Å². The van der Waals surface area contributed by atoms with Crippen LogP contribution in [-0.2, 0) is 0 Å². The first-order valence-corrected chi connectivity index (χ1v) is 6.12. The van der Waals surface area contributed by atoms with Crippen molar-refractivity contribution in [2.75, 3.05) is 0 Å². The molecule has 2 aromatic rings. The van der Waals surface area contributed by atoms with Gasteiger partial charge in [-0.1, -0.05) is 24.0 Å². The molecule has 0 radical (unpaired) electrons. The summed E-state index contributed by atoms with van der Waals surface area (Å²) in [4.78, 5) is 10.9. The van der Waals surface area contributed by atoms with Gasteiger partial charge in [-0.2, -0.15) is 0 Å².